The number of ether oxygens (including phenoxy) is 1. The largest absolute Gasteiger partial charge is 0.435 e. The zero-order chi connectivity index (χ0) is 10.4. The zero-order valence-electron chi connectivity index (χ0n) is 7.58. The third-order valence-electron chi connectivity index (χ3n) is 0.416. The molecule has 0 unspecified atom stereocenters. The normalized spacial score (nSPS) is 5.42. The van der Waals surface area contributed by atoms with Crippen molar-refractivity contribution < 1.29 is 9.53 Å². The van der Waals surface area contributed by atoms with E-state index in [1.807, 2.05) is 0 Å². The first-order valence-corrected chi connectivity index (χ1v) is 3.20. The van der Waals surface area contributed by atoms with Crippen molar-refractivity contribution in [2.24, 2.45) is 0 Å². The number of rotatable bonds is 2. The maximum Gasteiger partial charge on any atom is 0.307 e. The lowest BCUT2D eigenvalue weighted by Gasteiger charge is -1.83. The number of hydrogen-bond donors (Lipinski definition) is 0. The monoisotopic (exact) mass is 168 g/mol. The average molecular weight is 168 g/mol. The van der Waals surface area contributed by atoms with Gasteiger partial charge in [-0.25, -0.2) is 0 Å². The van der Waals surface area contributed by atoms with E-state index in [0.717, 1.165) is 6.26 Å². The summed E-state index contributed by atoms with van der Waals surface area (Å²) in [6, 6.07) is 0. The molecule has 0 N–H and O–H groups in total. The minimum absolute atomic E-state index is 0.329. The van der Waals surface area contributed by atoms with Gasteiger partial charge < -0.3 is 4.74 Å². The molecule has 0 fully saturated rings. The predicted molar refractivity (Wildman–Crippen MR) is 53.6 cm³/mol. The molecular weight excluding hydrogens is 152 g/mol. The van der Waals surface area contributed by atoms with Gasteiger partial charge in [0, 0.05) is 6.92 Å². The maximum absolute atomic E-state index is 9.75. The second kappa shape index (κ2) is 22.7. The van der Waals surface area contributed by atoms with Crippen LogP contribution in [0, 0.1) is 0 Å². The SMILES string of the molecule is C=C.C=CC=C.C=COC(C)=O. The summed E-state index contributed by atoms with van der Waals surface area (Å²) >= 11 is 0. The second-order valence-electron chi connectivity index (χ2n) is 1.25. The zero-order valence-corrected chi connectivity index (χ0v) is 7.58. The first-order chi connectivity index (χ1) is 5.68. The Bertz CT molecular complexity index is 131. The number of allylic oxidation sites excluding steroid dienone is 2. The second-order valence-corrected chi connectivity index (χ2v) is 1.25. The summed E-state index contributed by atoms with van der Waals surface area (Å²) in [6.07, 6.45) is 4.38. The van der Waals surface area contributed by atoms with Crippen LogP contribution in [0.3, 0.4) is 0 Å². The highest BCUT2D eigenvalue weighted by atomic mass is 16.5. The van der Waals surface area contributed by atoms with Crippen molar-refractivity contribution >= 4 is 5.97 Å². The standard InChI is InChI=1S/C4H6O2.C4H6.C2H4/c1-3-6-4(2)5;1-3-4-2;1-2/h3H,1H2,2H3;3-4H,1-2H2;1-2H2. The summed E-state index contributed by atoms with van der Waals surface area (Å²) in [5, 5.41) is 0. The Morgan fingerprint density at radius 1 is 1.17 bits per heavy atom. The van der Waals surface area contributed by atoms with Crippen LogP contribution in [0.1, 0.15) is 6.92 Å². The van der Waals surface area contributed by atoms with Gasteiger partial charge in [-0.3, -0.25) is 4.79 Å². The van der Waals surface area contributed by atoms with Gasteiger partial charge in [0.2, 0.25) is 0 Å². The molecule has 0 aliphatic carbocycles. The Morgan fingerprint density at radius 2 is 1.50 bits per heavy atom. The van der Waals surface area contributed by atoms with Crippen LogP contribution in [0.5, 0.6) is 0 Å². The molecule has 0 spiro atoms. The molecule has 0 aromatic rings. The third-order valence-corrected chi connectivity index (χ3v) is 0.416. The third kappa shape index (κ3) is 78.8. The summed E-state index contributed by atoms with van der Waals surface area (Å²) in [7, 11) is 0. The molecule has 0 radical (unpaired) electrons. The molecule has 2 heteroatoms. The highest BCUT2D eigenvalue weighted by molar-refractivity contribution is 5.66. The van der Waals surface area contributed by atoms with E-state index in [9.17, 15) is 4.79 Å². The van der Waals surface area contributed by atoms with E-state index in [0.29, 0.717) is 0 Å². The van der Waals surface area contributed by atoms with Crippen molar-refractivity contribution in [3.8, 4) is 0 Å². The van der Waals surface area contributed by atoms with E-state index in [4.69, 9.17) is 0 Å². The van der Waals surface area contributed by atoms with Crippen LogP contribution in [0.25, 0.3) is 0 Å². The molecule has 0 amide bonds. The average Bonchev–Trinajstić information content (AvgIpc) is 2.08. The summed E-state index contributed by atoms with van der Waals surface area (Å²) in [4.78, 5) is 9.75. The van der Waals surface area contributed by atoms with E-state index < -0.39 is 0 Å². The van der Waals surface area contributed by atoms with Gasteiger partial charge in [0.25, 0.3) is 0 Å². The molecular formula is C10H16O2. The number of carbonyl (C=O) groups excluding carboxylic acids is 1. The summed E-state index contributed by atoms with van der Waals surface area (Å²) in [5.74, 6) is -0.329. The lowest BCUT2D eigenvalue weighted by molar-refractivity contribution is -0.135. The van der Waals surface area contributed by atoms with Crippen LogP contribution < -0.4 is 0 Å². The van der Waals surface area contributed by atoms with Gasteiger partial charge in [-0.05, 0) is 0 Å². The van der Waals surface area contributed by atoms with Crippen molar-refractivity contribution in [3.63, 3.8) is 0 Å². The molecule has 0 aliphatic rings. The molecule has 0 aromatic heterocycles. The fourth-order valence-corrected chi connectivity index (χ4v) is 0.117. The smallest absolute Gasteiger partial charge is 0.307 e. The van der Waals surface area contributed by atoms with E-state index in [2.05, 4.69) is 37.6 Å². The number of hydrogen-bond acceptors (Lipinski definition) is 2. The van der Waals surface area contributed by atoms with Gasteiger partial charge in [-0.1, -0.05) is 31.9 Å². The molecule has 0 saturated heterocycles. The van der Waals surface area contributed by atoms with Crippen molar-refractivity contribution in [1.82, 2.24) is 0 Å². The molecule has 0 aliphatic heterocycles. The van der Waals surface area contributed by atoms with Gasteiger partial charge in [0.05, 0.1) is 6.26 Å². The van der Waals surface area contributed by atoms with Crippen LogP contribution in [-0.2, 0) is 9.53 Å². The molecule has 68 valence electrons. The number of carbonyl (C=O) groups is 1. The van der Waals surface area contributed by atoms with Crippen LogP contribution >= 0.6 is 0 Å². The molecule has 0 heterocycles. The predicted octanol–water partition coefficient (Wildman–Crippen LogP) is 2.85. The summed E-state index contributed by atoms with van der Waals surface area (Å²) in [5.41, 5.74) is 0. The van der Waals surface area contributed by atoms with E-state index in [1.165, 1.54) is 6.92 Å². The Morgan fingerprint density at radius 3 is 1.50 bits per heavy atom. The van der Waals surface area contributed by atoms with Gasteiger partial charge in [-0.15, -0.1) is 13.2 Å². The van der Waals surface area contributed by atoms with Crippen LogP contribution in [0.15, 0.2) is 51.3 Å². The fraction of sp³-hybridized carbons (Fsp3) is 0.100. The Labute approximate surface area is 74.6 Å². The topological polar surface area (TPSA) is 26.3 Å². The molecule has 0 atom stereocenters. The van der Waals surface area contributed by atoms with Crippen molar-refractivity contribution in [2.75, 3.05) is 0 Å². The van der Waals surface area contributed by atoms with Gasteiger partial charge in [0.1, 0.15) is 0 Å². The van der Waals surface area contributed by atoms with Crippen LogP contribution in [0.4, 0.5) is 0 Å². The Hall–Kier alpha value is -1.57. The van der Waals surface area contributed by atoms with Gasteiger partial charge in [0.15, 0.2) is 0 Å². The van der Waals surface area contributed by atoms with E-state index in [1.54, 1.807) is 12.2 Å². The van der Waals surface area contributed by atoms with Crippen LogP contribution in [0.2, 0.25) is 0 Å². The lowest BCUT2D eigenvalue weighted by atomic mass is 10.6. The molecule has 12 heavy (non-hydrogen) atoms. The first kappa shape index (κ1) is 16.8. The lowest BCUT2D eigenvalue weighted by Crippen LogP contribution is -1.87. The fourth-order valence-electron chi connectivity index (χ4n) is 0.117. The van der Waals surface area contributed by atoms with E-state index in [-0.39, 0.29) is 5.97 Å². The van der Waals surface area contributed by atoms with Gasteiger partial charge >= 0.3 is 5.97 Å². The first-order valence-electron chi connectivity index (χ1n) is 3.20. The van der Waals surface area contributed by atoms with Crippen molar-refractivity contribution in [2.45, 2.75) is 6.92 Å². The molecule has 2 nitrogen and oxygen atoms in total. The number of esters is 1. The highest BCUT2D eigenvalue weighted by Crippen LogP contribution is 1.70. The molecule has 0 saturated carbocycles. The minimum atomic E-state index is -0.329. The maximum atomic E-state index is 9.75. The van der Waals surface area contributed by atoms with Crippen molar-refractivity contribution in [1.29, 1.82) is 0 Å². The molecule has 0 aromatic carbocycles. The van der Waals surface area contributed by atoms with E-state index >= 15 is 0 Å². The molecule has 0 bridgehead atoms. The van der Waals surface area contributed by atoms with Gasteiger partial charge in [-0.2, -0.15) is 0 Å². The minimum Gasteiger partial charge on any atom is -0.435 e. The van der Waals surface area contributed by atoms with Crippen molar-refractivity contribution in [3.05, 3.63) is 51.3 Å². The summed E-state index contributed by atoms with van der Waals surface area (Å²) < 4.78 is 4.17. The highest BCUT2D eigenvalue weighted by Gasteiger charge is 1.79. The van der Waals surface area contributed by atoms with Crippen LogP contribution in [-0.4, -0.2) is 5.97 Å². The Balaban J connectivity index is -0.000000118. The molecule has 0 rings (SSSR count). The quantitative estimate of drug-likeness (QED) is 0.274. The summed E-state index contributed by atoms with van der Waals surface area (Å²) in [6.45, 7) is 17.2. The Kier molecular flexibility index (Phi) is 31.8.